The molecule has 2 aliphatic rings. The number of ether oxygens (including phenoxy) is 2. The molecule has 0 spiro atoms. The number of rotatable bonds is 3. The molecule has 3 N–H and O–H groups in total. The lowest BCUT2D eigenvalue weighted by Gasteiger charge is -2.15. The van der Waals surface area contributed by atoms with Crippen LogP contribution in [0.4, 0.5) is 0 Å². The summed E-state index contributed by atoms with van der Waals surface area (Å²) in [7, 11) is 2.72. The number of aromatic hydroxyl groups is 3. The van der Waals surface area contributed by atoms with Gasteiger partial charge in [-0.2, -0.15) is 0 Å². The molecule has 0 fully saturated rings. The van der Waals surface area contributed by atoms with Crippen LogP contribution in [0.5, 0.6) is 28.7 Å². The van der Waals surface area contributed by atoms with E-state index in [9.17, 15) is 20.1 Å². The van der Waals surface area contributed by atoms with Crippen LogP contribution in [0, 0.1) is 0 Å². The molecule has 0 unspecified atom stereocenters. The molecule has 0 radical (unpaired) electrons. The molecule has 1 aromatic carbocycles. The van der Waals surface area contributed by atoms with Crippen molar-refractivity contribution in [2.45, 2.75) is 0 Å². The van der Waals surface area contributed by atoms with Crippen molar-refractivity contribution in [1.29, 1.82) is 0 Å². The monoisotopic (exact) mass is 330 g/mol. The van der Waals surface area contributed by atoms with E-state index in [1.807, 2.05) is 0 Å². The fourth-order valence-corrected chi connectivity index (χ4v) is 2.40. The van der Waals surface area contributed by atoms with Crippen LogP contribution in [-0.2, 0) is 0 Å². The van der Waals surface area contributed by atoms with E-state index in [1.165, 1.54) is 44.6 Å². The minimum atomic E-state index is -0.504. The first-order valence-electron chi connectivity index (χ1n) is 6.90. The standard InChI is InChI=1S/C17H14O7/c1-22-12-5-8(6-13(23-2)15(12)20)17-16(21)14(19)10-4-3-9(18)7-11(10)24-17/h3-7,19-21H,1-2H3. The minimum absolute atomic E-state index is 0.0936. The largest absolute Gasteiger partial charge is 0.504 e. The number of methoxy groups -OCH3 is 2. The van der Waals surface area contributed by atoms with Crippen LogP contribution in [0.15, 0.2) is 39.5 Å². The normalized spacial score (nSPS) is 10.8. The van der Waals surface area contributed by atoms with E-state index in [0.29, 0.717) is 0 Å². The SMILES string of the molecule is COc1cc(-c2oc3cc(=O)ccc-3c(O)c2O)cc(OC)c1O. The van der Waals surface area contributed by atoms with Gasteiger partial charge >= 0.3 is 0 Å². The van der Waals surface area contributed by atoms with Gasteiger partial charge in [0.25, 0.3) is 0 Å². The Labute approximate surface area is 136 Å². The summed E-state index contributed by atoms with van der Waals surface area (Å²) in [5.74, 6) is -0.934. The second-order valence-corrected chi connectivity index (χ2v) is 5.02. The summed E-state index contributed by atoms with van der Waals surface area (Å²) >= 11 is 0. The Balaban J connectivity index is 2.33. The second-order valence-electron chi connectivity index (χ2n) is 5.02. The van der Waals surface area contributed by atoms with Gasteiger partial charge in [-0.05, 0) is 24.3 Å². The van der Waals surface area contributed by atoms with Crippen molar-refractivity contribution in [1.82, 2.24) is 0 Å². The Morgan fingerprint density at radius 3 is 2.08 bits per heavy atom. The molecule has 7 nitrogen and oxygen atoms in total. The molecule has 1 aromatic rings. The Morgan fingerprint density at radius 1 is 0.875 bits per heavy atom. The van der Waals surface area contributed by atoms with E-state index in [0.717, 1.165) is 0 Å². The number of fused-ring (bicyclic) bond motifs is 1. The highest BCUT2D eigenvalue weighted by Crippen LogP contribution is 2.48. The van der Waals surface area contributed by atoms with Gasteiger partial charge in [-0.15, -0.1) is 0 Å². The lowest BCUT2D eigenvalue weighted by atomic mass is 10.0. The Bertz CT molecular complexity index is 917. The highest BCUT2D eigenvalue weighted by molar-refractivity contribution is 5.80. The topological polar surface area (TPSA) is 109 Å². The van der Waals surface area contributed by atoms with Crippen molar-refractivity contribution in [3.63, 3.8) is 0 Å². The molecular weight excluding hydrogens is 316 g/mol. The fraction of sp³-hybridized carbons (Fsp3) is 0.118. The van der Waals surface area contributed by atoms with Crippen molar-refractivity contribution in [2.24, 2.45) is 0 Å². The molecule has 0 saturated heterocycles. The van der Waals surface area contributed by atoms with Crippen LogP contribution < -0.4 is 14.9 Å². The molecular formula is C17H14O7. The van der Waals surface area contributed by atoms with Crippen LogP contribution in [0.2, 0.25) is 0 Å². The summed E-state index contributed by atoms with van der Waals surface area (Å²) in [6.07, 6.45) is 0. The maximum atomic E-state index is 11.5. The van der Waals surface area contributed by atoms with E-state index in [2.05, 4.69) is 0 Å². The van der Waals surface area contributed by atoms with E-state index in [1.54, 1.807) is 0 Å². The molecule has 24 heavy (non-hydrogen) atoms. The smallest absolute Gasteiger partial charge is 0.202 e. The van der Waals surface area contributed by atoms with Crippen LogP contribution >= 0.6 is 0 Å². The summed E-state index contributed by atoms with van der Waals surface area (Å²) in [5.41, 5.74) is 0.184. The van der Waals surface area contributed by atoms with Gasteiger partial charge in [0.15, 0.2) is 28.4 Å². The first-order chi connectivity index (χ1) is 11.5. The zero-order valence-electron chi connectivity index (χ0n) is 12.9. The fourth-order valence-electron chi connectivity index (χ4n) is 2.40. The molecule has 0 saturated carbocycles. The second kappa shape index (κ2) is 5.69. The van der Waals surface area contributed by atoms with E-state index >= 15 is 0 Å². The predicted molar refractivity (Wildman–Crippen MR) is 85.1 cm³/mol. The maximum Gasteiger partial charge on any atom is 0.202 e. The van der Waals surface area contributed by atoms with Gasteiger partial charge < -0.3 is 29.2 Å². The van der Waals surface area contributed by atoms with Gasteiger partial charge in [-0.1, -0.05) is 0 Å². The summed E-state index contributed by atoms with van der Waals surface area (Å²) in [5, 5.41) is 30.4. The highest BCUT2D eigenvalue weighted by Gasteiger charge is 2.23. The zero-order valence-corrected chi connectivity index (χ0v) is 12.9. The van der Waals surface area contributed by atoms with Crippen LogP contribution in [0.3, 0.4) is 0 Å². The summed E-state index contributed by atoms with van der Waals surface area (Å²) in [6, 6.07) is 6.62. The Morgan fingerprint density at radius 2 is 1.50 bits per heavy atom. The molecule has 1 heterocycles. The van der Waals surface area contributed by atoms with E-state index < -0.39 is 11.5 Å². The molecule has 1 aliphatic carbocycles. The molecule has 3 rings (SSSR count). The first-order valence-corrected chi connectivity index (χ1v) is 6.90. The molecule has 0 amide bonds. The number of phenolic OH excluding ortho intramolecular Hbond substituents is 1. The average molecular weight is 330 g/mol. The summed E-state index contributed by atoms with van der Waals surface area (Å²) < 4.78 is 15.7. The molecule has 0 bridgehead atoms. The van der Waals surface area contributed by atoms with E-state index in [4.69, 9.17) is 13.9 Å². The average Bonchev–Trinajstić information content (AvgIpc) is 2.58. The van der Waals surface area contributed by atoms with E-state index in [-0.39, 0.29) is 45.3 Å². The highest BCUT2D eigenvalue weighted by atomic mass is 16.5. The van der Waals surface area contributed by atoms with Crippen molar-refractivity contribution in [2.75, 3.05) is 14.2 Å². The lowest BCUT2D eigenvalue weighted by molar-refractivity contribution is 0.339. The van der Waals surface area contributed by atoms with Crippen molar-refractivity contribution < 1.29 is 29.2 Å². The lowest BCUT2D eigenvalue weighted by Crippen LogP contribution is -1.98. The molecule has 124 valence electrons. The van der Waals surface area contributed by atoms with Gasteiger partial charge in [0.05, 0.1) is 19.8 Å². The number of phenols is 1. The Kier molecular flexibility index (Phi) is 3.69. The number of benzene rings is 2. The van der Waals surface area contributed by atoms with Crippen LogP contribution in [-0.4, -0.2) is 29.5 Å². The van der Waals surface area contributed by atoms with Gasteiger partial charge in [0, 0.05) is 11.6 Å². The van der Waals surface area contributed by atoms with Crippen LogP contribution in [0.25, 0.3) is 22.6 Å². The predicted octanol–water partition coefficient (Wildman–Crippen LogP) is 2.55. The summed E-state index contributed by atoms with van der Waals surface area (Å²) in [6.45, 7) is 0. The maximum absolute atomic E-state index is 11.5. The zero-order chi connectivity index (χ0) is 17.4. The molecule has 0 atom stereocenters. The van der Waals surface area contributed by atoms with Crippen LogP contribution in [0.1, 0.15) is 0 Å². The minimum Gasteiger partial charge on any atom is -0.504 e. The van der Waals surface area contributed by atoms with Crippen molar-refractivity contribution >= 4 is 0 Å². The van der Waals surface area contributed by atoms with Gasteiger partial charge in [0.2, 0.25) is 11.5 Å². The molecule has 1 aliphatic heterocycles. The van der Waals surface area contributed by atoms with Crippen molar-refractivity contribution in [3.05, 3.63) is 40.6 Å². The number of hydrogen-bond acceptors (Lipinski definition) is 7. The third-order valence-electron chi connectivity index (χ3n) is 3.60. The quantitative estimate of drug-likeness (QED) is 0.677. The van der Waals surface area contributed by atoms with Gasteiger partial charge in [-0.25, -0.2) is 0 Å². The third-order valence-corrected chi connectivity index (χ3v) is 3.60. The molecule has 0 aromatic heterocycles. The number of hydrogen-bond donors (Lipinski definition) is 3. The van der Waals surface area contributed by atoms with Gasteiger partial charge in [-0.3, -0.25) is 4.79 Å². The van der Waals surface area contributed by atoms with Crippen molar-refractivity contribution in [3.8, 4) is 51.4 Å². The van der Waals surface area contributed by atoms with Gasteiger partial charge in [0.1, 0.15) is 5.76 Å². The first kappa shape index (κ1) is 15.5. The summed E-state index contributed by atoms with van der Waals surface area (Å²) in [4.78, 5) is 11.5. The third kappa shape index (κ3) is 2.36. The Hall–Kier alpha value is -3.35. The molecule has 7 heteroatoms.